The maximum Gasteiger partial charge on any atom is 0.251 e. The highest BCUT2D eigenvalue weighted by Gasteiger charge is 2.25. The highest BCUT2D eigenvalue weighted by molar-refractivity contribution is 7.89. The van der Waals surface area contributed by atoms with Crippen molar-refractivity contribution in [1.82, 2.24) is 14.9 Å². The number of nitrogens with one attached hydrogen (secondary N) is 2. The number of nitrogens with zero attached hydrogens (tertiary/aromatic N) is 1. The molecule has 6 nitrogen and oxygen atoms in total. The van der Waals surface area contributed by atoms with Crippen LogP contribution in [0.1, 0.15) is 45.9 Å². The lowest BCUT2D eigenvalue weighted by molar-refractivity contribution is 0.0937. The van der Waals surface area contributed by atoms with E-state index in [4.69, 9.17) is 0 Å². The van der Waals surface area contributed by atoms with Crippen molar-refractivity contribution in [3.8, 4) is 0 Å². The fourth-order valence-corrected chi connectivity index (χ4v) is 5.38. The Hall–Kier alpha value is -3.00. The summed E-state index contributed by atoms with van der Waals surface area (Å²) in [5, 5.41) is 3.06. The second kappa shape index (κ2) is 11.0. The van der Waals surface area contributed by atoms with Crippen LogP contribution < -0.4 is 10.0 Å². The topological polar surface area (TPSA) is 78.5 Å². The van der Waals surface area contributed by atoms with Crippen molar-refractivity contribution < 1.29 is 13.2 Å². The molecule has 0 spiro atoms. The lowest BCUT2D eigenvalue weighted by Crippen LogP contribution is -2.37. The number of hydrogen-bond acceptors (Lipinski definition) is 4. The largest absolute Gasteiger partial charge is 0.350 e. The van der Waals surface area contributed by atoms with Gasteiger partial charge in [0.25, 0.3) is 5.91 Å². The van der Waals surface area contributed by atoms with Crippen LogP contribution in [0.3, 0.4) is 0 Å². The van der Waals surface area contributed by atoms with Crippen LogP contribution in [0.15, 0.2) is 83.8 Å². The lowest BCUT2D eigenvalue weighted by Gasteiger charge is -2.28. The molecule has 0 aliphatic carbocycles. The molecule has 34 heavy (non-hydrogen) atoms. The summed E-state index contributed by atoms with van der Waals surface area (Å²) in [5.74, 6) is -0.266. The molecule has 1 atom stereocenters. The molecule has 4 rings (SSSR count). The van der Waals surface area contributed by atoms with Crippen LogP contribution in [0.25, 0.3) is 0 Å². The van der Waals surface area contributed by atoms with Gasteiger partial charge in [0.2, 0.25) is 10.0 Å². The van der Waals surface area contributed by atoms with Crippen molar-refractivity contribution in [2.24, 2.45) is 0 Å². The average Bonchev–Trinajstić information content (AvgIpc) is 3.39. The molecule has 0 aromatic heterocycles. The Morgan fingerprint density at radius 2 is 1.59 bits per heavy atom. The van der Waals surface area contributed by atoms with Crippen LogP contribution in [0.2, 0.25) is 0 Å². The monoisotopic (exact) mass is 477 g/mol. The van der Waals surface area contributed by atoms with Crippen LogP contribution in [-0.2, 0) is 16.6 Å². The van der Waals surface area contributed by atoms with E-state index in [1.807, 2.05) is 55.5 Å². The molecule has 1 heterocycles. The van der Waals surface area contributed by atoms with Crippen molar-refractivity contribution in [3.05, 3.63) is 101 Å². The Balaban J connectivity index is 1.47. The number of hydrogen-bond donors (Lipinski definition) is 2. The Morgan fingerprint density at radius 3 is 2.26 bits per heavy atom. The zero-order valence-corrected chi connectivity index (χ0v) is 20.2. The van der Waals surface area contributed by atoms with E-state index < -0.39 is 10.0 Å². The highest BCUT2D eigenvalue weighted by Crippen LogP contribution is 2.25. The van der Waals surface area contributed by atoms with Crippen molar-refractivity contribution in [2.75, 3.05) is 19.6 Å². The minimum Gasteiger partial charge on any atom is -0.350 e. The third-order valence-corrected chi connectivity index (χ3v) is 7.69. The van der Waals surface area contributed by atoms with E-state index in [2.05, 4.69) is 27.1 Å². The van der Waals surface area contributed by atoms with Gasteiger partial charge in [-0.2, -0.15) is 0 Å². The quantitative estimate of drug-likeness (QED) is 0.488. The van der Waals surface area contributed by atoms with E-state index in [9.17, 15) is 13.2 Å². The Morgan fingerprint density at radius 1 is 0.941 bits per heavy atom. The van der Waals surface area contributed by atoms with Crippen molar-refractivity contribution in [1.29, 1.82) is 0 Å². The maximum atomic E-state index is 13.1. The van der Waals surface area contributed by atoms with Crippen LogP contribution in [0, 0.1) is 6.92 Å². The second-order valence-electron chi connectivity index (χ2n) is 8.67. The van der Waals surface area contributed by atoms with Gasteiger partial charge in [0.15, 0.2) is 0 Å². The Labute approximate surface area is 202 Å². The zero-order chi connectivity index (χ0) is 24.0. The summed E-state index contributed by atoms with van der Waals surface area (Å²) in [5.41, 5.74) is 3.14. The third-order valence-electron chi connectivity index (χ3n) is 6.29. The fourth-order valence-electron chi connectivity index (χ4n) is 4.34. The van der Waals surface area contributed by atoms with Crippen molar-refractivity contribution in [3.63, 3.8) is 0 Å². The number of sulfonamides is 1. The molecule has 178 valence electrons. The molecular formula is C27H31N3O3S. The predicted octanol–water partition coefficient (Wildman–Crippen LogP) is 4.04. The molecule has 3 aromatic carbocycles. The van der Waals surface area contributed by atoms with Crippen LogP contribution >= 0.6 is 0 Å². The SMILES string of the molecule is Cc1ccc(S(=O)(=O)NCc2ccccc2)cc1C(=O)NCC(c1ccccc1)N1CCCC1. The minimum atomic E-state index is -3.76. The van der Waals surface area contributed by atoms with Gasteiger partial charge in [-0.3, -0.25) is 9.69 Å². The lowest BCUT2D eigenvalue weighted by atomic mass is 10.0. The van der Waals surface area contributed by atoms with E-state index in [-0.39, 0.29) is 23.4 Å². The third kappa shape index (κ3) is 5.91. The maximum absolute atomic E-state index is 13.1. The molecular weight excluding hydrogens is 446 g/mol. The fraction of sp³-hybridized carbons (Fsp3) is 0.296. The smallest absolute Gasteiger partial charge is 0.251 e. The van der Waals surface area contributed by atoms with Gasteiger partial charge in [-0.25, -0.2) is 13.1 Å². The van der Waals surface area contributed by atoms with Gasteiger partial charge in [0, 0.05) is 18.7 Å². The summed E-state index contributed by atoms with van der Waals surface area (Å²) in [6.45, 7) is 4.49. The Bertz CT molecular complexity index is 1210. The first-order valence-corrected chi connectivity index (χ1v) is 13.1. The van der Waals surface area contributed by atoms with E-state index in [0.29, 0.717) is 12.1 Å². The molecule has 0 bridgehead atoms. The summed E-state index contributed by atoms with van der Waals surface area (Å²) >= 11 is 0. The molecule has 3 aromatic rings. The summed E-state index contributed by atoms with van der Waals surface area (Å²) in [6, 6.07) is 24.3. The number of likely N-dealkylation sites (tertiary alicyclic amines) is 1. The van der Waals surface area contributed by atoms with E-state index in [1.165, 1.54) is 17.7 Å². The van der Waals surface area contributed by atoms with Crippen molar-refractivity contribution in [2.45, 2.75) is 37.2 Å². The summed E-state index contributed by atoms with van der Waals surface area (Å²) < 4.78 is 28.4. The van der Waals surface area contributed by atoms with Gasteiger partial charge in [0.05, 0.1) is 10.9 Å². The minimum absolute atomic E-state index is 0.0818. The summed E-state index contributed by atoms with van der Waals surface area (Å²) in [4.78, 5) is 15.6. The van der Waals surface area contributed by atoms with Gasteiger partial charge in [0.1, 0.15) is 0 Å². The molecule has 2 N–H and O–H groups in total. The van der Waals surface area contributed by atoms with Crippen LogP contribution in [-0.4, -0.2) is 38.9 Å². The molecule has 1 fully saturated rings. The zero-order valence-electron chi connectivity index (χ0n) is 19.4. The molecule has 0 radical (unpaired) electrons. The number of carbonyl (C=O) groups excluding carboxylic acids is 1. The highest BCUT2D eigenvalue weighted by atomic mass is 32.2. The summed E-state index contributed by atoms with van der Waals surface area (Å²) in [6.07, 6.45) is 2.32. The van der Waals surface area contributed by atoms with Crippen molar-refractivity contribution >= 4 is 15.9 Å². The van der Waals surface area contributed by atoms with Gasteiger partial charge in [-0.15, -0.1) is 0 Å². The standard InChI is InChI=1S/C27H31N3O3S/c1-21-14-15-24(34(32,33)29-19-22-10-4-2-5-11-22)18-25(21)27(31)28-20-26(30-16-8-9-17-30)23-12-6-3-7-13-23/h2-7,10-15,18,26,29H,8-9,16-17,19-20H2,1H3,(H,28,31). The molecule has 1 aliphatic heterocycles. The van der Waals surface area contributed by atoms with Gasteiger partial charge in [-0.05, 0) is 61.7 Å². The first kappa shape index (κ1) is 24.1. The molecule has 1 unspecified atom stereocenters. The number of benzene rings is 3. The molecule has 1 amide bonds. The molecule has 7 heteroatoms. The predicted molar refractivity (Wildman–Crippen MR) is 134 cm³/mol. The number of rotatable bonds is 9. The second-order valence-corrected chi connectivity index (χ2v) is 10.4. The van der Waals surface area contributed by atoms with Gasteiger partial charge >= 0.3 is 0 Å². The number of amides is 1. The van der Waals surface area contributed by atoms with E-state index in [0.717, 1.165) is 37.1 Å². The van der Waals surface area contributed by atoms with Gasteiger partial charge < -0.3 is 5.32 Å². The van der Waals surface area contributed by atoms with Gasteiger partial charge in [-0.1, -0.05) is 66.7 Å². The molecule has 0 saturated carbocycles. The first-order valence-electron chi connectivity index (χ1n) is 11.7. The summed E-state index contributed by atoms with van der Waals surface area (Å²) in [7, 11) is -3.76. The van der Waals surface area contributed by atoms with E-state index in [1.54, 1.807) is 6.07 Å². The number of carbonyl (C=O) groups is 1. The first-order chi connectivity index (χ1) is 16.4. The molecule has 1 saturated heterocycles. The normalized spacial score (nSPS) is 15.2. The van der Waals surface area contributed by atoms with Crippen LogP contribution in [0.5, 0.6) is 0 Å². The average molecular weight is 478 g/mol. The van der Waals surface area contributed by atoms with E-state index >= 15 is 0 Å². The van der Waals surface area contributed by atoms with Crippen LogP contribution in [0.4, 0.5) is 0 Å². The molecule has 1 aliphatic rings. The number of aryl methyl sites for hydroxylation is 1. The Kier molecular flexibility index (Phi) is 7.77.